The number of halogens is 1. The van der Waals surface area contributed by atoms with Crippen LogP contribution in [0.15, 0.2) is 61.3 Å². The maximum Gasteiger partial charge on any atom is 0.257 e. The van der Waals surface area contributed by atoms with Crippen molar-refractivity contribution in [1.29, 1.82) is 0 Å². The lowest BCUT2D eigenvalue weighted by Crippen LogP contribution is -2.49. The Morgan fingerprint density at radius 1 is 1.00 bits per heavy atom. The second-order valence-electron chi connectivity index (χ2n) is 8.64. The zero-order chi connectivity index (χ0) is 22.9. The molecular formula is C25H24FN5O2. The molecule has 0 spiro atoms. The Morgan fingerprint density at radius 2 is 1.76 bits per heavy atom. The summed E-state index contributed by atoms with van der Waals surface area (Å²) in [7, 11) is 0. The average molecular weight is 445 g/mol. The third-order valence-electron chi connectivity index (χ3n) is 6.85. The van der Waals surface area contributed by atoms with Gasteiger partial charge in [-0.05, 0) is 43.2 Å². The highest BCUT2D eigenvalue weighted by molar-refractivity contribution is 5.96. The summed E-state index contributed by atoms with van der Waals surface area (Å²) >= 11 is 0. The number of piperidine rings is 1. The number of aryl methyl sites for hydroxylation is 1. The maximum absolute atomic E-state index is 13.6. The van der Waals surface area contributed by atoms with Crippen LogP contribution < -0.4 is 0 Å². The molecule has 3 aromatic rings. The van der Waals surface area contributed by atoms with Gasteiger partial charge in [0, 0.05) is 61.7 Å². The first-order valence-corrected chi connectivity index (χ1v) is 11.1. The number of carbonyl (C=O) groups excluding carboxylic acids is 2. The van der Waals surface area contributed by atoms with Crippen molar-refractivity contribution in [2.45, 2.75) is 25.3 Å². The molecule has 4 heterocycles. The Hall–Kier alpha value is -3.68. The molecule has 2 aliphatic rings. The van der Waals surface area contributed by atoms with Gasteiger partial charge in [-0.2, -0.15) is 0 Å². The number of pyridine rings is 1. The molecule has 2 aromatic heterocycles. The molecule has 0 bridgehead atoms. The van der Waals surface area contributed by atoms with Gasteiger partial charge in [0.25, 0.3) is 11.8 Å². The van der Waals surface area contributed by atoms with Crippen LogP contribution in [-0.2, 0) is 0 Å². The van der Waals surface area contributed by atoms with Crippen molar-refractivity contribution < 1.29 is 14.0 Å². The van der Waals surface area contributed by atoms with Crippen molar-refractivity contribution in [1.82, 2.24) is 24.8 Å². The molecule has 0 N–H and O–H groups in total. The Morgan fingerprint density at radius 3 is 2.48 bits per heavy atom. The molecule has 8 heteroatoms. The van der Waals surface area contributed by atoms with Crippen LogP contribution in [0, 0.1) is 18.7 Å². The average Bonchev–Trinajstić information content (AvgIpc) is 3.23. The van der Waals surface area contributed by atoms with Crippen LogP contribution in [0.1, 0.15) is 44.3 Å². The first-order valence-electron chi connectivity index (χ1n) is 11.1. The van der Waals surface area contributed by atoms with E-state index in [0.29, 0.717) is 42.9 Å². The quantitative estimate of drug-likeness (QED) is 0.619. The molecule has 0 radical (unpaired) electrons. The molecule has 1 aromatic carbocycles. The summed E-state index contributed by atoms with van der Waals surface area (Å²) < 4.78 is 13.6. The van der Waals surface area contributed by atoms with Crippen molar-refractivity contribution in [2.75, 3.05) is 19.6 Å². The van der Waals surface area contributed by atoms with Gasteiger partial charge < -0.3 is 9.80 Å². The van der Waals surface area contributed by atoms with E-state index in [2.05, 4.69) is 15.0 Å². The summed E-state index contributed by atoms with van der Waals surface area (Å²) in [4.78, 5) is 42.5. The van der Waals surface area contributed by atoms with E-state index in [0.717, 1.165) is 5.56 Å². The number of rotatable bonds is 3. The number of hydrogen-bond acceptors (Lipinski definition) is 5. The molecule has 168 valence electrons. The predicted molar refractivity (Wildman–Crippen MR) is 119 cm³/mol. The van der Waals surface area contributed by atoms with Gasteiger partial charge in [-0.15, -0.1) is 0 Å². The molecule has 7 nitrogen and oxygen atoms in total. The highest BCUT2D eigenvalue weighted by Crippen LogP contribution is 2.42. The third kappa shape index (κ3) is 3.97. The minimum Gasteiger partial charge on any atom is -0.338 e. The van der Waals surface area contributed by atoms with Crippen LogP contribution in [0.25, 0.3) is 0 Å². The van der Waals surface area contributed by atoms with Crippen molar-refractivity contribution in [3.8, 4) is 0 Å². The lowest BCUT2D eigenvalue weighted by molar-refractivity contribution is 0.0533. The molecule has 2 aliphatic heterocycles. The Balaban J connectivity index is 1.45. The van der Waals surface area contributed by atoms with Gasteiger partial charge in [0.2, 0.25) is 0 Å². The summed E-state index contributed by atoms with van der Waals surface area (Å²) in [5.41, 5.74) is 2.72. The number of fused-ring (bicyclic) bond motifs is 1. The van der Waals surface area contributed by atoms with Crippen LogP contribution in [-0.4, -0.2) is 62.2 Å². The fourth-order valence-corrected chi connectivity index (χ4v) is 5.15. The normalized spacial score (nSPS) is 22.2. The second kappa shape index (κ2) is 8.69. The Bertz CT molecular complexity index is 1170. The Labute approximate surface area is 191 Å². The van der Waals surface area contributed by atoms with E-state index in [1.54, 1.807) is 49.8 Å². The van der Waals surface area contributed by atoms with Gasteiger partial charge in [-0.1, -0.05) is 12.1 Å². The van der Waals surface area contributed by atoms with E-state index >= 15 is 0 Å². The van der Waals surface area contributed by atoms with Crippen molar-refractivity contribution in [3.05, 3.63) is 89.5 Å². The van der Waals surface area contributed by atoms with Crippen molar-refractivity contribution in [2.24, 2.45) is 5.92 Å². The molecule has 0 aliphatic carbocycles. The van der Waals surface area contributed by atoms with E-state index in [1.165, 1.54) is 18.5 Å². The van der Waals surface area contributed by atoms with Gasteiger partial charge in [0.1, 0.15) is 12.1 Å². The molecule has 33 heavy (non-hydrogen) atoms. The van der Waals surface area contributed by atoms with Gasteiger partial charge in [0.15, 0.2) is 0 Å². The monoisotopic (exact) mass is 445 g/mol. The smallest absolute Gasteiger partial charge is 0.257 e. The summed E-state index contributed by atoms with van der Waals surface area (Å²) in [5.74, 6) is -0.376. The summed E-state index contributed by atoms with van der Waals surface area (Å²) in [5, 5.41) is 0. The minimum absolute atomic E-state index is 0.00195. The molecule has 0 saturated carbocycles. The number of nitrogens with zero attached hydrogens (tertiary/aromatic N) is 5. The highest BCUT2D eigenvalue weighted by Gasteiger charge is 2.48. The number of aromatic nitrogens is 3. The highest BCUT2D eigenvalue weighted by atomic mass is 19.1. The number of likely N-dealkylation sites (tertiary alicyclic amines) is 2. The standard InChI is InChI=1S/C25H24FN5O2/c1-16-20(12-28-15-29-16)25(33)30-11-8-23-22(13-30)21(17-2-4-19(26)5-3-17)14-31(23)24(32)18-6-9-27-10-7-18/h2-7,9-10,12,15,21-23H,8,11,13-14H2,1H3/t21-,22-,23-/m0/s1. The predicted octanol–water partition coefficient (Wildman–Crippen LogP) is 3.09. The fraction of sp³-hybridized carbons (Fsp3) is 0.320. The van der Waals surface area contributed by atoms with Crippen molar-refractivity contribution >= 4 is 11.8 Å². The first-order chi connectivity index (χ1) is 16.0. The largest absolute Gasteiger partial charge is 0.338 e. The van der Waals surface area contributed by atoms with E-state index in [1.807, 2.05) is 9.80 Å². The van der Waals surface area contributed by atoms with E-state index in [4.69, 9.17) is 0 Å². The Kier molecular flexibility index (Phi) is 5.58. The first kappa shape index (κ1) is 21.2. The van der Waals surface area contributed by atoms with Gasteiger partial charge in [0.05, 0.1) is 11.3 Å². The van der Waals surface area contributed by atoms with Crippen LogP contribution in [0.4, 0.5) is 4.39 Å². The fourth-order valence-electron chi connectivity index (χ4n) is 5.15. The molecule has 0 unspecified atom stereocenters. The van der Waals surface area contributed by atoms with Gasteiger partial charge in [-0.25, -0.2) is 14.4 Å². The second-order valence-corrected chi connectivity index (χ2v) is 8.64. The summed E-state index contributed by atoms with van der Waals surface area (Å²) in [6, 6.07) is 9.92. The topological polar surface area (TPSA) is 79.3 Å². The number of amides is 2. The minimum atomic E-state index is -0.294. The number of hydrogen-bond donors (Lipinski definition) is 0. The van der Waals surface area contributed by atoms with Crippen LogP contribution in [0.2, 0.25) is 0 Å². The van der Waals surface area contributed by atoms with Crippen LogP contribution in [0.5, 0.6) is 0 Å². The summed E-state index contributed by atoms with van der Waals surface area (Å²) in [6.07, 6.45) is 6.90. The van der Waals surface area contributed by atoms with Crippen LogP contribution in [0.3, 0.4) is 0 Å². The molecule has 3 atom stereocenters. The lowest BCUT2D eigenvalue weighted by Gasteiger charge is -2.39. The summed E-state index contributed by atoms with van der Waals surface area (Å²) in [6.45, 7) is 3.38. The van der Waals surface area contributed by atoms with Gasteiger partial charge >= 0.3 is 0 Å². The lowest BCUT2D eigenvalue weighted by atomic mass is 9.81. The third-order valence-corrected chi connectivity index (χ3v) is 6.85. The number of carbonyl (C=O) groups is 2. The molecule has 5 rings (SSSR count). The number of benzene rings is 1. The van der Waals surface area contributed by atoms with E-state index in [9.17, 15) is 14.0 Å². The van der Waals surface area contributed by atoms with Crippen molar-refractivity contribution in [3.63, 3.8) is 0 Å². The molecule has 2 amide bonds. The molecule has 2 saturated heterocycles. The zero-order valence-electron chi connectivity index (χ0n) is 18.3. The van der Waals surface area contributed by atoms with Crippen LogP contribution >= 0.6 is 0 Å². The SMILES string of the molecule is Cc1ncncc1C(=O)N1CC[C@H]2[C@@H](C1)[C@H](c1ccc(F)cc1)CN2C(=O)c1ccncc1. The van der Waals surface area contributed by atoms with E-state index in [-0.39, 0.29) is 35.5 Å². The maximum atomic E-state index is 13.6. The van der Waals surface area contributed by atoms with E-state index < -0.39 is 0 Å². The van der Waals surface area contributed by atoms with Gasteiger partial charge in [-0.3, -0.25) is 14.6 Å². The molecular weight excluding hydrogens is 421 g/mol. The zero-order valence-corrected chi connectivity index (χ0v) is 18.3. The molecule has 2 fully saturated rings.